The SMILES string of the molecule is CCOC(=O)c1c(NC(C)=O)sc2c1CC[C@](C#N)(c1ccccc1)C2. The molecule has 1 aliphatic carbocycles. The first-order chi connectivity index (χ1) is 12.5. The van der Waals surface area contributed by atoms with Crippen molar-refractivity contribution in [1.29, 1.82) is 5.26 Å². The summed E-state index contributed by atoms with van der Waals surface area (Å²) in [5.74, 6) is -0.651. The number of carbonyl (C=O) groups is 2. The van der Waals surface area contributed by atoms with Crippen LogP contribution in [0.4, 0.5) is 5.00 Å². The second kappa shape index (κ2) is 7.30. The Labute approximate surface area is 156 Å². The molecule has 0 aliphatic heterocycles. The summed E-state index contributed by atoms with van der Waals surface area (Å²) >= 11 is 1.37. The number of ether oxygens (including phenoxy) is 1. The number of hydrogen-bond acceptors (Lipinski definition) is 5. The Morgan fingerprint density at radius 2 is 2.08 bits per heavy atom. The number of thiophene rings is 1. The van der Waals surface area contributed by atoms with Gasteiger partial charge < -0.3 is 10.1 Å². The highest BCUT2D eigenvalue weighted by molar-refractivity contribution is 7.17. The first-order valence-corrected chi connectivity index (χ1v) is 9.38. The van der Waals surface area contributed by atoms with Crippen molar-refractivity contribution in [3.05, 3.63) is 51.9 Å². The fourth-order valence-electron chi connectivity index (χ4n) is 3.45. The van der Waals surface area contributed by atoms with Crippen molar-refractivity contribution in [2.75, 3.05) is 11.9 Å². The summed E-state index contributed by atoms with van der Waals surface area (Å²) in [5, 5.41) is 13.2. The quantitative estimate of drug-likeness (QED) is 0.832. The van der Waals surface area contributed by atoms with Crippen LogP contribution in [0.3, 0.4) is 0 Å². The third-order valence-corrected chi connectivity index (χ3v) is 5.81. The second-order valence-corrected chi connectivity index (χ2v) is 7.45. The largest absolute Gasteiger partial charge is 0.462 e. The van der Waals surface area contributed by atoms with Crippen LogP contribution < -0.4 is 5.32 Å². The Morgan fingerprint density at radius 3 is 2.69 bits per heavy atom. The number of benzene rings is 1. The van der Waals surface area contributed by atoms with E-state index >= 15 is 0 Å². The maximum absolute atomic E-state index is 12.4. The van der Waals surface area contributed by atoms with E-state index in [1.54, 1.807) is 6.92 Å². The maximum atomic E-state index is 12.4. The Morgan fingerprint density at radius 1 is 1.35 bits per heavy atom. The lowest BCUT2D eigenvalue weighted by Gasteiger charge is -2.31. The van der Waals surface area contributed by atoms with Gasteiger partial charge in [-0.05, 0) is 30.9 Å². The molecule has 3 rings (SSSR count). The minimum atomic E-state index is -0.613. The van der Waals surface area contributed by atoms with Gasteiger partial charge in [-0.25, -0.2) is 4.79 Å². The molecule has 1 aromatic heterocycles. The van der Waals surface area contributed by atoms with Crippen molar-refractivity contribution in [3.8, 4) is 6.07 Å². The molecule has 1 aliphatic rings. The van der Waals surface area contributed by atoms with Crippen LogP contribution in [0.15, 0.2) is 30.3 Å². The predicted octanol–water partition coefficient (Wildman–Crippen LogP) is 3.83. The number of carbonyl (C=O) groups excluding carboxylic acids is 2. The predicted molar refractivity (Wildman–Crippen MR) is 100 cm³/mol. The van der Waals surface area contributed by atoms with Gasteiger partial charge in [-0.1, -0.05) is 30.3 Å². The maximum Gasteiger partial charge on any atom is 0.341 e. The summed E-state index contributed by atoms with van der Waals surface area (Å²) < 4.78 is 5.19. The van der Waals surface area contributed by atoms with Gasteiger partial charge in [0.05, 0.1) is 23.7 Å². The number of fused-ring (bicyclic) bond motifs is 1. The van der Waals surface area contributed by atoms with Crippen molar-refractivity contribution in [1.82, 2.24) is 0 Å². The molecule has 0 saturated carbocycles. The number of anilines is 1. The van der Waals surface area contributed by atoms with E-state index < -0.39 is 11.4 Å². The number of nitrogens with one attached hydrogen (secondary N) is 1. The molecule has 6 heteroatoms. The van der Waals surface area contributed by atoms with Crippen LogP contribution in [0.25, 0.3) is 0 Å². The van der Waals surface area contributed by atoms with E-state index in [4.69, 9.17) is 4.74 Å². The lowest BCUT2D eigenvalue weighted by atomic mass is 9.70. The Bertz CT molecular complexity index is 882. The fourth-order valence-corrected chi connectivity index (χ4v) is 4.85. The average Bonchev–Trinajstić information content (AvgIpc) is 2.98. The molecule has 5 nitrogen and oxygen atoms in total. The van der Waals surface area contributed by atoms with E-state index in [-0.39, 0.29) is 12.5 Å². The van der Waals surface area contributed by atoms with Crippen LogP contribution in [0.1, 0.15) is 46.6 Å². The first-order valence-electron chi connectivity index (χ1n) is 8.56. The molecule has 1 atom stereocenters. The molecule has 134 valence electrons. The summed E-state index contributed by atoms with van der Waals surface area (Å²) in [6.07, 6.45) is 1.75. The van der Waals surface area contributed by atoms with Crippen molar-refractivity contribution in [2.24, 2.45) is 0 Å². The van der Waals surface area contributed by atoms with Gasteiger partial charge in [-0.3, -0.25) is 4.79 Å². The molecule has 26 heavy (non-hydrogen) atoms. The van der Waals surface area contributed by atoms with Gasteiger partial charge in [-0.15, -0.1) is 11.3 Å². The Kier molecular flexibility index (Phi) is 5.10. The van der Waals surface area contributed by atoms with E-state index in [1.165, 1.54) is 18.3 Å². The second-order valence-electron chi connectivity index (χ2n) is 6.35. The number of nitriles is 1. The molecule has 0 radical (unpaired) electrons. The van der Waals surface area contributed by atoms with Gasteiger partial charge in [0.1, 0.15) is 5.00 Å². The summed E-state index contributed by atoms with van der Waals surface area (Å²) in [6, 6.07) is 12.3. The molecular formula is C20H20N2O3S. The number of nitrogens with zero attached hydrogens (tertiary/aromatic N) is 1. The Balaban J connectivity index is 2.05. The normalized spacial score (nSPS) is 18.5. The van der Waals surface area contributed by atoms with Crippen molar-refractivity contribution >= 4 is 28.2 Å². The molecular weight excluding hydrogens is 348 g/mol. The van der Waals surface area contributed by atoms with E-state index in [0.29, 0.717) is 29.8 Å². The third-order valence-electron chi connectivity index (χ3n) is 4.66. The molecule has 2 aromatic rings. The van der Waals surface area contributed by atoms with Gasteiger partial charge in [0.25, 0.3) is 0 Å². The zero-order chi connectivity index (χ0) is 18.7. The molecule has 1 heterocycles. The van der Waals surface area contributed by atoms with Crippen molar-refractivity contribution in [2.45, 2.75) is 38.5 Å². The topological polar surface area (TPSA) is 79.2 Å². The lowest BCUT2D eigenvalue weighted by molar-refractivity contribution is -0.114. The van der Waals surface area contributed by atoms with E-state index in [0.717, 1.165) is 16.0 Å². The fraction of sp³-hybridized carbons (Fsp3) is 0.350. The molecule has 0 spiro atoms. The highest BCUT2D eigenvalue weighted by Gasteiger charge is 2.40. The molecule has 1 N–H and O–H groups in total. The van der Waals surface area contributed by atoms with Crippen LogP contribution in [-0.2, 0) is 27.8 Å². The minimum absolute atomic E-state index is 0.233. The van der Waals surface area contributed by atoms with Gasteiger partial charge in [0.15, 0.2) is 0 Å². The highest BCUT2D eigenvalue weighted by Crippen LogP contribution is 2.45. The van der Waals surface area contributed by atoms with Crippen molar-refractivity contribution < 1.29 is 14.3 Å². The number of hydrogen-bond donors (Lipinski definition) is 1. The van der Waals surface area contributed by atoms with E-state index in [2.05, 4.69) is 11.4 Å². The van der Waals surface area contributed by atoms with Crippen LogP contribution in [-0.4, -0.2) is 18.5 Å². The monoisotopic (exact) mass is 368 g/mol. The van der Waals surface area contributed by atoms with Crippen LogP contribution >= 0.6 is 11.3 Å². The summed E-state index contributed by atoms with van der Waals surface area (Å²) in [4.78, 5) is 25.0. The smallest absolute Gasteiger partial charge is 0.341 e. The minimum Gasteiger partial charge on any atom is -0.462 e. The standard InChI is InChI=1S/C20H20N2O3S/c1-3-25-19(24)17-15-9-10-20(12-21,14-7-5-4-6-8-14)11-16(15)26-18(17)22-13(2)23/h4-8H,3,9-11H2,1-2H3,(H,22,23)/t20-/m0/s1. The van der Waals surface area contributed by atoms with Crippen LogP contribution in [0, 0.1) is 11.3 Å². The molecule has 0 bridgehead atoms. The van der Waals surface area contributed by atoms with E-state index in [9.17, 15) is 14.9 Å². The van der Waals surface area contributed by atoms with Gasteiger partial charge >= 0.3 is 5.97 Å². The summed E-state index contributed by atoms with van der Waals surface area (Å²) in [7, 11) is 0. The van der Waals surface area contributed by atoms with Crippen molar-refractivity contribution in [3.63, 3.8) is 0 Å². The summed E-state index contributed by atoms with van der Waals surface area (Å²) in [6.45, 7) is 3.44. The van der Waals surface area contributed by atoms with Crippen LogP contribution in [0.5, 0.6) is 0 Å². The zero-order valence-electron chi connectivity index (χ0n) is 14.8. The van der Waals surface area contributed by atoms with Gasteiger partial charge in [-0.2, -0.15) is 5.26 Å². The number of esters is 1. The highest BCUT2D eigenvalue weighted by atomic mass is 32.1. The molecule has 0 unspecified atom stereocenters. The van der Waals surface area contributed by atoms with Gasteiger partial charge in [0, 0.05) is 18.2 Å². The Hall–Kier alpha value is -2.65. The number of rotatable bonds is 4. The third kappa shape index (κ3) is 3.23. The zero-order valence-corrected chi connectivity index (χ0v) is 15.6. The lowest BCUT2D eigenvalue weighted by Crippen LogP contribution is -2.31. The van der Waals surface area contributed by atoms with E-state index in [1.807, 2.05) is 30.3 Å². The first kappa shape index (κ1) is 18.2. The summed E-state index contributed by atoms with van der Waals surface area (Å²) in [5.41, 5.74) is 1.72. The molecule has 0 saturated heterocycles. The molecule has 1 amide bonds. The number of amides is 1. The van der Waals surface area contributed by atoms with Crippen LogP contribution in [0.2, 0.25) is 0 Å². The molecule has 1 aromatic carbocycles. The average molecular weight is 368 g/mol. The molecule has 0 fully saturated rings. The van der Waals surface area contributed by atoms with Gasteiger partial charge in [0.2, 0.25) is 5.91 Å².